The van der Waals surface area contributed by atoms with Crippen LogP contribution in [0.3, 0.4) is 0 Å². The molecule has 0 radical (unpaired) electrons. The monoisotopic (exact) mass is 484 g/mol. The van der Waals surface area contributed by atoms with Gasteiger partial charge in [0, 0.05) is 16.8 Å². The number of halogens is 1. The van der Waals surface area contributed by atoms with Crippen molar-refractivity contribution in [2.75, 3.05) is 5.32 Å². The van der Waals surface area contributed by atoms with Gasteiger partial charge in [0.1, 0.15) is 0 Å². The van der Waals surface area contributed by atoms with E-state index < -0.39 is 5.91 Å². The van der Waals surface area contributed by atoms with E-state index in [1.54, 1.807) is 28.9 Å². The first-order valence-electron chi connectivity index (χ1n) is 11.5. The Morgan fingerprint density at radius 1 is 1.03 bits per heavy atom. The zero-order valence-electron chi connectivity index (χ0n) is 19.5. The molecule has 0 unspecified atom stereocenters. The highest BCUT2D eigenvalue weighted by molar-refractivity contribution is 6.34. The van der Waals surface area contributed by atoms with E-state index in [1.165, 1.54) is 5.56 Å². The number of fused-ring (bicyclic) bond motifs is 3. The molecule has 7 heteroatoms. The van der Waals surface area contributed by atoms with Crippen LogP contribution in [0.1, 0.15) is 57.3 Å². The molecule has 5 rings (SSSR count). The van der Waals surface area contributed by atoms with Crippen LogP contribution in [0, 0.1) is 0 Å². The van der Waals surface area contributed by atoms with E-state index in [-0.39, 0.29) is 11.6 Å². The van der Waals surface area contributed by atoms with Crippen molar-refractivity contribution in [2.45, 2.75) is 32.6 Å². The summed E-state index contributed by atoms with van der Waals surface area (Å²) in [5, 5.41) is 7.95. The van der Waals surface area contributed by atoms with Crippen LogP contribution < -0.4 is 11.1 Å². The summed E-state index contributed by atoms with van der Waals surface area (Å²) in [5.41, 5.74) is 12.8. The molecule has 1 aliphatic rings. The Hall–Kier alpha value is -3.90. The van der Waals surface area contributed by atoms with Gasteiger partial charge in [-0.15, -0.1) is 0 Å². The van der Waals surface area contributed by atoms with Gasteiger partial charge in [-0.25, -0.2) is 4.68 Å². The quantitative estimate of drug-likeness (QED) is 0.377. The number of hydrogen-bond acceptors (Lipinski definition) is 3. The van der Waals surface area contributed by atoms with Gasteiger partial charge < -0.3 is 11.1 Å². The molecule has 0 atom stereocenters. The number of amides is 2. The fraction of sp³-hybridized carbons (Fsp3) is 0.179. The summed E-state index contributed by atoms with van der Waals surface area (Å²) in [7, 11) is 0. The van der Waals surface area contributed by atoms with Crippen molar-refractivity contribution in [3.05, 3.63) is 99.7 Å². The molecule has 3 aromatic carbocycles. The number of carbonyl (C=O) groups is 2. The van der Waals surface area contributed by atoms with E-state index in [9.17, 15) is 9.59 Å². The second-order valence-electron chi connectivity index (χ2n) is 9.00. The predicted molar refractivity (Wildman–Crippen MR) is 138 cm³/mol. The van der Waals surface area contributed by atoms with Crippen LogP contribution >= 0.6 is 11.6 Å². The normalized spacial score (nSPS) is 12.2. The number of nitrogens with two attached hydrogens (primary N) is 1. The molecule has 0 spiro atoms. The van der Waals surface area contributed by atoms with Gasteiger partial charge in [-0.1, -0.05) is 55.8 Å². The second-order valence-corrected chi connectivity index (χ2v) is 9.41. The molecule has 176 valence electrons. The fourth-order valence-corrected chi connectivity index (χ4v) is 4.77. The van der Waals surface area contributed by atoms with Crippen LogP contribution in [0.2, 0.25) is 5.02 Å². The molecule has 0 saturated carbocycles. The summed E-state index contributed by atoms with van der Waals surface area (Å²) in [4.78, 5) is 25.1. The number of benzene rings is 3. The Labute approximate surface area is 208 Å². The summed E-state index contributed by atoms with van der Waals surface area (Å²) >= 11 is 6.20. The molecule has 0 bridgehead atoms. The van der Waals surface area contributed by atoms with Gasteiger partial charge in [0.05, 0.1) is 22.0 Å². The summed E-state index contributed by atoms with van der Waals surface area (Å²) in [5.74, 6) is -0.436. The molecule has 3 N–H and O–H groups in total. The predicted octanol–water partition coefficient (Wildman–Crippen LogP) is 5.77. The molecule has 1 heterocycles. The largest absolute Gasteiger partial charge is 0.364 e. The standard InChI is InChI=1S/C28H25ClN4O2/c1-16(2)17-8-12-20(13-9-17)33-26-22(25(32-33)27(30)34)14-10-18-7-11-19(15-23(18)26)31-28(35)21-5-3-4-6-24(21)29/h3-9,11-13,15-16H,10,14H2,1-2H3,(H2,30,34)(H,31,35). The van der Waals surface area contributed by atoms with Crippen LogP contribution in [0.15, 0.2) is 66.7 Å². The Morgan fingerprint density at radius 2 is 1.77 bits per heavy atom. The third-order valence-electron chi connectivity index (χ3n) is 6.41. The van der Waals surface area contributed by atoms with Gasteiger partial charge in [0.25, 0.3) is 11.8 Å². The Balaban J connectivity index is 1.59. The lowest BCUT2D eigenvalue weighted by Crippen LogP contribution is -2.15. The Kier molecular flexibility index (Phi) is 5.91. The Bertz CT molecular complexity index is 1450. The molecular weight excluding hydrogens is 460 g/mol. The van der Waals surface area contributed by atoms with E-state index in [0.717, 1.165) is 34.5 Å². The molecule has 1 aromatic heterocycles. The molecule has 2 amide bonds. The van der Waals surface area contributed by atoms with Gasteiger partial charge in [0.2, 0.25) is 0 Å². The lowest BCUT2D eigenvalue weighted by atomic mass is 9.88. The van der Waals surface area contributed by atoms with Crippen LogP contribution in [0.25, 0.3) is 16.9 Å². The van der Waals surface area contributed by atoms with E-state index >= 15 is 0 Å². The maximum absolute atomic E-state index is 12.8. The van der Waals surface area contributed by atoms with Crippen molar-refractivity contribution < 1.29 is 9.59 Å². The molecule has 35 heavy (non-hydrogen) atoms. The van der Waals surface area contributed by atoms with E-state index in [2.05, 4.69) is 36.4 Å². The van der Waals surface area contributed by atoms with Gasteiger partial charge in [-0.3, -0.25) is 9.59 Å². The summed E-state index contributed by atoms with van der Waals surface area (Å²) in [6.07, 6.45) is 1.41. The minimum atomic E-state index is -0.551. The second kappa shape index (κ2) is 9.04. The lowest BCUT2D eigenvalue weighted by Gasteiger charge is -2.20. The molecule has 4 aromatic rings. The lowest BCUT2D eigenvalue weighted by molar-refractivity contribution is 0.0992. The summed E-state index contributed by atoms with van der Waals surface area (Å²) in [6, 6.07) is 20.9. The molecular formula is C28H25ClN4O2. The number of anilines is 1. The number of nitrogens with zero attached hydrogens (tertiary/aromatic N) is 2. The topological polar surface area (TPSA) is 90.0 Å². The average molecular weight is 485 g/mol. The maximum Gasteiger partial charge on any atom is 0.269 e. The van der Waals surface area contributed by atoms with Gasteiger partial charge in [-0.05, 0) is 66.3 Å². The molecule has 6 nitrogen and oxygen atoms in total. The Morgan fingerprint density at radius 3 is 2.46 bits per heavy atom. The maximum atomic E-state index is 12.8. The minimum absolute atomic E-state index is 0.282. The van der Waals surface area contributed by atoms with Crippen LogP contribution in [-0.4, -0.2) is 21.6 Å². The highest BCUT2D eigenvalue weighted by Crippen LogP contribution is 2.38. The zero-order chi connectivity index (χ0) is 24.7. The van der Waals surface area contributed by atoms with Crippen molar-refractivity contribution in [3.8, 4) is 16.9 Å². The molecule has 0 aliphatic heterocycles. The number of carbonyl (C=O) groups excluding carboxylic acids is 2. The van der Waals surface area contributed by atoms with Crippen molar-refractivity contribution in [1.82, 2.24) is 9.78 Å². The summed E-state index contributed by atoms with van der Waals surface area (Å²) < 4.78 is 1.79. The number of primary amides is 1. The number of aryl methyl sites for hydroxylation is 1. The number of hydrogen-bond donors (Lipinski definition) is 2. The first-order chi connectivity index (χ1) is 16.8. The number of nitrogens with one attached hydrogen (secondary N) is 1. The average Bonchev–Trinajstić information content (AvgIpc) is 3.25. The van der Waals surface area contributed by atoms with E-state index in [4.69, 9.17) is 17.3 Å². The third kappa shape index (κ3) is 4.21. The zero-order valence-corrected chi connectivity index (χ0v) is 20.3. The molecule has 0 saturated heterocycles. The van der Waals surface area contributed by atoms with Crippen LogP contribution in [-0.2, 0) is 12.8 Å². The van der Waals surface area contributed by atoms with Crippen molar-refractivity contribution in [1.29, 1.82) is 0 Å². The van der Waals surface area contributed by atoms with Gasteiger partial charge in [-0.2, -0.15) is 5.10 Å². The smallest absolute Gasteiger partial charge is 0.269 e. The SMILES string of the molecule is CC(C)c1ccc(-n2nc(C(N)=O)c3c2-c2cc(NC(=O)c4ccccc4Cl)ccc2CC3)cc1. The van der Waals surface area contributed by atoms with E-state index in [1.807, 2.05) is 30.3 Å². The minimum Gasteiger partial charge on any atom is -0.364 e. The number of aromatic nitrogens is 2. The van der Waals surface area contributed by atoms with Crippen molar-refractivity contribution in [3.63, 3.8) is 0 Å². The van der Waals surface area contributed by atoms with Crippen molar-refractivity contribution >= 4 is 29.1 Å². The van der Waals surface area contributed by atoms with E-state index in [0.29, 0.717) is 28.6 Å². The van der Waals surface area contributed by atoms with Gasteiger partial charge >= 0.3 is 0 Å². The fourth-order valence-electron chi connectivity index (χ4n) is 4.55. The first kappa shape index (κ1) is 22.9. The number of rotatable bonds is 5. The first-order valence-corrected chi connectivity index (χ1v) is 11.9. The highest BCUT2D eigenvalue weighted by Gasteiger charge is 2.28. The molecule has 0 fully saturated rings. The third-order valence-corrected chi connectivity index (χ3v) is 6.74. The molecule has 1 aliphatic carbocycles. The van der Waals surface area contributed by atoms with Gasteiger partial charge in [0.15, 0.2) is 5.69 Å². The van der Waals surface area contributed by atoms with Crippen LogP contribution in [0.5, 0.6) is 0 Å². The highest BCUT2D eigenvalue weighted by atomic mass is 35.5. The van der Waals surface area contributed by atoms with Crippen molar-refractivity contribution in [2.24, 2.45) is 5.73 Å². The summed E-state index contributed by atoms with van der Waals surface area (Å²) in [6.45, 7) is 4.29. The van der Waals surface area contributed by atoms with Crippen LogP contribution in [0.4, 0.5) is 5.69 Å².